The van der Waals surface area contributed by atoms with Crippen LogP contribution in [0.4, 0.5) is 5.69 Å². The lowest BCUT2D eigenvalue weighted by Crippen LogP contribution is -2.05. The number of nitro benzene ring substituents is 1. The standard InChI is InChI=1S/C19H21NO6/c1-4-24-17-8-13-7-12(2)26-18(13)9-14(17)11-25-19-10-15(20(21)22)5-6-16(19)23-3/h5-6,8-10,12H,4,7,11H2,1-3H3. The molecular weight excluding hydrogens is 338 g/mol. The third-order valence-corrected chi connectivity index (χ3v) is 4.12. The van der Waals surface area contributed by atoms with Crippen molar-refractivity contribution in [3.63, 3.8) is 0 Å². The van der Waals surface area contributed by atoms with E-state index >= 15 is 0 Å². The second-order valence-corrected chi connectivity index (χ2v) is 6.01. The molecule has 0 amide bonds. The molecule has 2 aromatic carbocycles. The minimum atomic E-state index is -0.470. The molecule has 1 atom stereocenters. The van der Waals surface area contributed by atoms with Gasteiger partial charge in [-0.1, -0.05) is 0 Å². The van der Waals surface area contributed by atoms with Crippen LogP contribution in [0.15, 0.2) is 30.3 Å². The fraction of sp³-hybridized carbons (Fsp3) is 0.368. The van der Waals surface area contributed by atoms with Gasteiger partial charge in [0.2, 0.25) is 0 Å². The van der Waals surface area contributed by atoms with Crippen molar-refractivity contribution in [3.05, 3.63) is 51.6 Å². The van der Waals surface area contributed by atoms with E-state index in [1.807, 2.05) is 26.0 Å². The maximum atomic E-state index is 11.0. The van der Waals surface area contributed by atoms with E-state index in [0.717, 1.165) is 29.0 Å². The summed E-state index contributed by atoms with van der Waals surface area (Å²) in [6.45, 7) is 4.64. The van der Waals surface area contributed by atoms with Crippen LogP contribution in [0.1, 0.15) is 25.0 Å². The molecule has 0 bridgehead atoms. The van der Waals surface area contributed by atoms with E-state index in [1.54, 1.807) is 0 Å². The van der Waals surface area contributed by atoms with E-state index in [-0.39, 0.29) is 18.4 Å². The molecular formula is C19H21NO6. The topological polar surface area (TPSA) is 80.1 Å². The van der Waals surface area contributed by atoms with Crippen LogP contribution < -0.4 is 18.9 Å². The van der Waals surface area contributed by atoms with Crippen molar-refractivity contribution in [2.45, 2.75) is 33.0 Å². The SMILES string of the molecule is CCOc1cc2c(cc1COc1cc([N+](=O)[O-])ccc1OC)OC(C)C2. The first kappa shape index (κ1) is 17.8. The normalized spacial score (nSPS) is 15.1. The zero-order valence-corrected chi connectivity index (χ0v) is 15.0. The van der Waals surface area contributed by atoms with Crippen LogP contribution in [0.3, 0.4) is 0 Å². The summed E-state index contributed by atoms with van der Waals surface area (Å²) in [5, 5.41) is 11.0. The minimum Gasteiger partial charge on any atom is -0.493 e. The van der Waals surface area contributed by atoms with Gasteiger partial charge < -0.3 is 18.9 Å². The van der Waals surface area contributed by atoms with Gasteiger partial charge in [0.1, 0.15) is 24.2 Å². The molecule has 0 fully saturated rings. The van der Waals surface area contributed by atoms with Gasteiger partial charge in [0, 0.05) is 23.6 Å². The van der Waals surface area contributed by atoms with Crippen molar-refractivity contribution in [2.75, 3.05) is 13.7 Å². The Morgan fingerprint density at radius 2 is 2.00 bits per heavy atom. The first-order chi connectivity index (χ1) is 12.5. The maximum Gasteiger partial charge on any atom is 0.273 e. The van der Waals surface area contributed by atoms with Crippen molar-refractivity contribution in [1.82, 2.24) is 0 Å². The number of methoxy groups -OCH3 is 1. The minimum absolute atomic E-state index is 0.0584. The molecule has 26 heavy (non-hydrogen) atoms. The van der Waals surface area contributed by atoms with Crippen molar-refractivity contribution in [1.29, 1.82) is 0 Å². The van der Waals surface area contributed by atoms with Gasteiger partial charge in [-0.25, -0.2) is 0 Å². The summed E-state index contributed by atoms with van der Waals surface area (Å²) in [7, 11) is 1.49. The Balaban J connectivity index is 1.86. The Kier molecular flexibility index (Phi) is 5.16. The highest BCUT2D eigenvalue weighted by Gasteiger charge is 2.22. The average molecular weight is 359 g/mol. The lowest BCUT2D eigenvalue weighted by Gasteiger charge is -2.15. The first-order valence-electron chi connectivity index (χ1n) is 8.42. The monoisotopic (exact) mass is 359 g/mol. The number of fused-ring (bicyclic) bond motifs is 1. The van der Waals surface area contributed by atoms with Crippen LogP contribution >= 0.6 is 0 Å². The van der Waals surface area contributed by atoms with E-state index in [4.69, 9.17) is 18.9 Å². The average Bonchev–Trinajstić information content (AvgIpc) is 2.98. The molecule has 138 valence electrons. The second-order valence-electron chi connectivity index (χ2n) is 6.01. The number of hydrogen-bond acceptors (Lipinski definition) is 6. The summed E-state index contributed by atoms with van der Waals surface area (Å²) in [5.41, 5.74) is 1.86. The summed E-state index contributed by atoms with van der Waals surface area (Å²) in [5.74, 6) is 2.29. The molecule has 7 heteroatoms. The van der Waals surface area contributed by atoms with Gasteiger partial charge in [-0.2, -0.15) is 0 Å². The number of nitro groups is 1. The molecule has 1 unspecified atom stereocenters. The Hall–Kier alpha value is -2.96. The summed E-state index contributed by atoms with van der Waals surface area (Å²) in [4.78, 5) is 10.5. The Labute approximate surface area is 151 Å². The van der Waals surface area contributed by atoms with Crippen LogP contribution in [0.5, 0.6) is 23.0 Å². The summed E-state index contributed by atoms with van der Waals surface area (Å²) < 4.78 is 22.6. The van der Waals surface area contributed by atoms with Crippen LogP contribution in [-0.2, 0) is 13.0 Å². The van der Waals surface area contributed by atoms with Gasteiger partial charge in [0.15, 0.2) is 11.5 Å². The van der Waals surface area contributed by atoms with Crippen molar-refractivity contribution < 1.29 is 23.9 Å². The number of hydrogen-bond donors (Lipinski definition) is 0. The lowest BCUT2D eigenvalue weighted by molar-refractivity contribution is -0.385. The van der Waals surface area contributed by atoms with Crippen LogP contribution in [0.2, 0.25) is 0 Å². The Morgan fingerprint density at radius 1 is 1.19 bits per heavy atom. The highest BCUT2D eigenvalue weighted by Crippen LogP contribution is 2.37. The van der Waals surface area contributed by atoms with E-state index in [9.17, 15) is 10.1 Å². The predicted octanol–water partition coefficient (Wildman–Crippen LogP) is 3.90. The molecule has 3 rings (SSSR count). The largest absolute Gasteiger partial charge is 0.493 e. The van der Waals surface area contributed by atoms with Crippen molar-refractivity contribution in [2.24, 2.45) is 0 Å². The highest BCUT2D eigenvalue weighted by atomic mass is 16.6. The van der Waals surface area contributed by atoms with Crippen LogP contribution in [0.25, 0.3) is 0 Å². The maximum absolute atomic E-state index is 11.0. The zero-order chi connectivity index (χ0) is 18.7. The van der Waals surface area contributed by atoms with Gasteiger partial charge in [-0.15, -0.1) is 0 Å². The van der Waals surface area contributed by atoms with Crippen molar-refractivity contribution in [3.8, 4) is 23.0 Å². The van der Waals surface area contributed by atoms with E-state index in [2.05, 4.69) is 0 Å². The third kappa shape index (κ3) is 3.66. The number of benzene rings is 2. The summed E-state index contributed by atoms with van der Waals surface area (Å²) >= 11 is 0. The summed E-state index contributed by atoms with van der Waals surface area (Å²) in [6.07, 6.45) is 0.974. The first-order valence-corrected chi connectivity index (χ1v) is 8.42. The van der Waals surface area contributed by atoms with E-state index in [1.165, 1.54) is 25.3 Å². The molecule has 7 nitrogen and oxygen atoms in total. The quantitative estimate of drug-likeness (QED) is 0.551. The van der Waals surface area contributed by atoms with Crippen LogP contribution in [-0.4, -0.2) is 24.7 Å². The molecule has 0 spiro atoms. The molecule has 0 N–H and O–H groups in total. The number of rotatable bonds is 7. The smallest absolute Gasteiger partial charge is 0.273 e. The van der Waals surface area contributed by atoms with Crippen molar-refractivity contribution >= 4 is 5.69 Å². The number of ether oxygens (including phenoxy) is 4. The van der Waals surface area contributed by atoms with Gasteiger partial charge in [-0.3, -0.25) is 10.1 Å². The molecule has 0 aliphatic carbocycles. The molecule has 0 saturated carbocycles. The third-order valence-electron chi connectivity index (χ3n) is 4.12. The van der Waals surface area contributed by atoms with E-state index < -0.39 is 4.92 Å². The number of nitrogens with zero attached hydrogens (tertiary/aromatic N) is 1. The molecule has 0 radical (unpaired) electrons. The Morgan fingerprint density at radius 3 is 2.69 bits per heavy atom. The van der Waals surface area contributed by atoms with Gasteiger partial charge in [-0.05, 0) is 32.0 Å². The fourth-order valence-corrected chi connectivity index (χ4v) is 2.93. The zero-order valence-electron chi connectivity index (χ0n) is 15.0. The molecule has 1 heterocycles. The Bertz CT molecular complexity index is 820. The number of non-ortho nitro benzene ring substituents is 1. The van der Waals surface area contributed by atoms with Crippen LogP contribution in [0, 0.1) is 10.1 Å². The molecule has 0 aromatic heterocycles. The molecule has 1 aliphatic rings. The van der Waals surface area contributed by atoms with Gasteiger partial charge >= 0.3 is 0 Å². The fourth-order valence-electron chi connectivity index (χ4n) is 2.93. The second kappa shape index (κ2) is 7.51. The predicted molar refractivity (Wildman–Crippen MR) is 95.4 cm³/mol. The molecule has 1 aliphatic heterocycles. The van der Waals surface area contributed by atoms with Gasteiger partial charge in [0.05, 0.1) is 24.7 Å². The summed E-state index contributed by atoms with van der Waals surface area (Å²) in [6, 6.07) is 8.14. The highest BCUT2D eigenvalue weighted by molar-refractivity contribution is 5.50. The molecule has 2 aromatic rings. The molecule has 0 saturated heterocycles. The van der Waals surface area contributed by atoms with E-state index in [0.29, 0.717) is 18.1 Å². The lowest BCUT2D eigenvalue weighted by atomic mass is 10.1. The van der Waals surface area contributed by atoms with Gasteiger partial charge in [0.25, 0.3) is 5.69 Å².